The SMILES string of the molecule is CC/C=C\C/C=C\C/C=C\C/C=C\CCC(=O)OC(COC(=O)CCCCCCCCCC)COC(=O)CCCCCCCCCCCCCCCCCCCCC/C=C\C/C=C\CCCCCCC. The lowest BCUT2D eigenvalue weighted by molar-refractivity contribution is -0.166. The molecule has 0 rings (SSSR count). The van der Waals surface area contributed by atoms with Gasteiger partial charge in [-0.2, -0.15) is 0 Å². The summed E-state index contributed by atoms with van der Waals surface area (Å²) < 4.78 is 16.7. The zero-order valence-corrected chi connectivity index (χ0v) is 46.3. The van der Waals surface area contributed by atoms with Gasteiger partial charge in [-0.3, -0.25) is 14.4 Å². The molecule has 0 aliphatic carbocycles. The summed E-state index contributed by atoms with van der Waals surface area (Å²) in [6.07, 6.45) is 75.3. The molecule has 0 aromatic rings. The molecule has 6 heteroatoms. The number of carbonyl (C=O) groups is 3. The molecule has 0 N–H and O–H groups in total. The standard InChI is InChI=1S/C64H112O6/c1-4-7-10-13-16-19-21-23-24-25-26-27-28-29-30-31-32-33-34-35-36-37-38-39-40-42-43-45-48-51-54-57-63(66)69-60-61(59-68-62(65)56-53-50-47-18-15-12-9-6-3)70-64(67)58-55-52-49-46-44-41-22-20-17-14-11-8-5-2/h8,11,17,20-21,23,25-26,41,44,49,52,61H,4-7,9-10,12-16,18-19,22,24,27-40,42-43,45-48,50-51,53-60H2,1-3H3/b11-8-,20-17-,23-21-,26-25-,44-41-,52-49-. The van der Waals surface area contributed by atoms with Crippen molar-refractivity contribution in [3.05, 3.63) is 72.9 Å². The molecule has 0 saturated carbocycles. The molecule has 0 aromatic carbocycles. The third kappa shape index (κ3) is 55.8. The fourth-order valence-electron chi connectivity index (χ4n) is 8.49. The topological polar surface area (TPSA) is 78.9 Å². The van der Waals surface area contributed by atoms with Gasteiger partial charge in [0.05, 0.1) is 0 Å². The average Bonchev–Trinajstić information content (AvgIpc) is 3.36. The van der Waals surface area contributed by atoms with Gasteiger partial charge < -0.3 is 14.2 Å². The Morgan fingerprint density at radius 3 is 0.929 bits per heavy atom. The van der Waals surface area contributed by atoms with Crippen LogP contribution < -0.4 is 0 Å². The van der Waals surface area contributed by atoms with Crippen molar-refractivity contribution in [2.75, 3.05) is 13.2 Å². The smallest absolute Gasteiger partial charge is 0.306 e. The van der Waals surface area contributed by atoms with Crippen molar-refractivity contribution in [2.45, 2.75) is 303 Å². The van der Waals surface area contributed by atoms with Gasteiger partial charge in [-0.25, -0.2) is 0 Å². The van der Waals surface area contributed by atoms with E-state index in [2.05, 4.69) is 81.5 Å². The Morgan fingerprint density at radius 2 is 0.586 bits per heavy atom. The van der Waals surface area contributed by atoms with Crippen molar-refractivity contribution < 1.29 is 28.6 Å². The molecule has 0 spiro atoms. The molecule has 0 radical (unpaired) electrons. The Hall–Kier alpha value is -3.15. The van der Waals surface area contributed by atoms with Gasteiger partial charge >= 0.3 is 17.9 Å². The molecular weight excluding hydrogens is 865 g/mol. The van der Waals surface area contributed by atoms with Crippen molar-refractivity contribution >= 4 is 17.9 Å². The summed E-state index contributed by atoms with van der Waals surface area (Å²) in [4.78, 5) is 37.9. The van der Waals surface area contributed by atoms with Crippen LogP contribution in [0.5, 0.6) is 0 Å². The molecule has 0 aliphatic rings. The van der Waals surface area contributed by atoms with Gasteiger partial charge in [0.15, 0.2) is 6.10 Å². The number of carbonyl (C=O) groups excluding carboxylic acids is 3. The van der Waals surface area contributed by atoms with Crippen LogP contribution in [-0.4, -0.2) is 37.2 Å². The number of ether oxygens (including phenoxy) is 3. The summed E-state index contributed by atoms with van der Waals surface area (Å²) in [5.74, 6) is -0.980. The third-order valence-corrected chi connectivity index (χ3v) is 13.0. The number of esters is 3. The lowest BCUT2D eigenvalue weighted by Gasteiger charge is -2.18. The van der Waals surface area contributed by atoms with Crippen LogP contribution in [0, 0.1) is 0 Å². The van der Waals surface area contributed by atoms with Crippen molar-refractivity contribution in [1.29, 1.82) is 0 Å². The maximum atomic E-state index is 12.7. The molecule has 0 bridgehead atoms. The van der Waals surface area contributed by atoms with Gasteiger partial charge in [0.2, 0.25) is 0 Å². The fraction of sp³-hybridized carbons (Fsp3) is 0.766. The molecule has 0 aliphatic heterocycles. The fourth-order valence-corrected chi connectivity index (χ4v) is 8.49. The maximum Gasteiger partial charge on any atom is 0.306 e. The molecule has 0 fully saturated rings. The first-order valence-corrected chi connectivity index (χ1v) is 29.9. The highest BCUT2D eigenvalue weighted by Gasteiger charge is 2.19. The zero-order chi connectivity index (χ0) is 50.7. The third-order valence-electron chi connectivity index (χ3n) is 13.0. The van der Waals surface area contributed by atoms with E-state index in [1.54, 1.807) is 0 Å². The quantitative estimate of drug-likeness (QED) is 0.0261. The second-order valence-electron chi connectivity index (χ2n) is 19.9. The number of rotatable bonds is 54. The largest absolute Gasteiger partial charge is 0.462 e. The van der Waals surface area contributed by atoms with Crippen LogP contribution in [0.1, 0.15) is 297 Å². The van der Waals surface area contributed by atoms with E-state index >= 15 is 0 Å². The van der Waals surface area contributed by atoms with Crippen LogP contribution in [0.2, 0.25) is 0 Å². The first kappa shape index (κ1) is 66.9. The van der Waals surface area contributed by atoms with Gasteiger partial charge in [0, 0.05) is 19.3 Å². The molecule has 1 atom stereocenters. The second-order valence-corrected chi connectivity index (χ2v) is 19.9. The minimum atomic E-state index is -0.808. The Kier molecular flexibility index (Phi) is 55.8. The van der Waals surface area contributed by atoms with Crippen LogP contribution in [0.15, 0.2) is 72.9 Å². The number of hydrogen-bond acceptors (Lipinski definition) is 6. The van der Waals surface area contributed by atoms with Crippen LogP contribution in [0.3, 0.4) is 0 Å². The van der Waals surface area contributed by atoms with Crippen LogP contribution in [0.25, 0.3) is 0 Å². The highest BCUT2D eigenvalue weighted by atomic mass is 16.6. The molecule has 404 valence electrons. The van der Waals surface area contributed by atoms with E-state index in [-0.39, 0.29) is 37.5 Å². The Bertz CT molecular complexity index is 1310. The maximum absolute atomic E-state index is 12.7. The predicted octanol–water partition coefficient (Wildman–Crippen LogP) is 20.2. The second kappa shape index (κ2) is 58.4. The van der Waals surface area contributed by atoms with E-state index in [1.165, 1.54) is 180 Å². The van der Waals surface area contributed by atoms with Crippen LogP contribution >= 0.6 is 0 Å². The molecule has 0 heterocycles. The first-order valence-electron chi connectivity index (χ1n) is 29.9. The van der Waals surface area contributed by atoms with E-state index in [1.807, 2.05) is 12.2 Å². The number of allylic oxidation sites excluding steroid dienone is 12. The Balaban J connectivity index is 4.06. The van der Waals surface area contributed by atoms with E-state index in [0.717, 1.165) is 70.6 Å². The van der Waals surface area contributed by atoms with E-state index < -0.39 is 6.10 Å². The van der Waals surface area contributed by atoms with Crippen molar-refractivity contribution in [3.63, 3.8) is 0 Å². The normalized spacial score (nSPS) is 12.6. The Labute approximate surface area is 433 Å². The van der Waals surface area contributed by atoms with E-state index in [9.17, 15) is 14.4 Å². The molecule has 1 unspecified atom stereocenters. The summed E-state index contributed by atoms with van der Waals surface area (Å²) in [7, 11) is 0. The van der Waals surface area contributed by atoms with Crippen molar-refractivity contribution in [1.82, 2.24) is 0 Å². The van der Waals surface area contributed by atoms with Crippen LogP contribution in [-0.2, 0) is 28.6 Å². The lowest BCUT2D eigenvalue weighted by Crippen LogP contribution is -2.30. The van der Waals surface area contributed by atoms with Crippen LogP contribution in [0.4, 0.5) is 0 Å². The van der Waals surface area contributed by atoms with E-state index in [0.29, 0.717) is 19.3 Å². The minimum Gasteiger partial charge on any atom is -0.462 e. The van der Waals surface area contributed by atoms with Gasteiger partial charge in [-0.1, -0.05) is 273 Å². The monoisotopic (exact) mass is 977 g/mol. The summed E-state index contributed by atoms with van der Waals surface area (Å²) >= 11 is 0. The van der Waals surface area contributed by atoms with Gasteiger partial charge in [0.1, 0.15) is 13.2 Å². The lowest BCUT2D eigenvalue weighted by atomic mass is 10.0. The highest BCUT2D eigenvalue weighted by molar-refractivity contribution is 5.71. The molecule has 70 heavy (non-hydrogen) atoms. The van der Waals surface area contributed by atoms with Gasteiger partial charge in [-0.05, 0) is 77.0 Å². The molecule has 0 aromatic heterocycles. The molecule has 0 saturated heterocycles. The van der Waals surface area contributed by atoms with Gasteiger partial charge in [-0.15, -0.1) is 0 Å². The summed E-state index contributed by atoms with van der Waals surface area (Å²) in [6, 6.07) is 0. The van der Waals surface area contributed by atoms with Crippen molar-refractivity contribution in [2.24, 2.45) is 0 Å². The molecular formula is C64H112O6. The Morgan fingerprint density at radius 1 is 0.300 bits per heavy atom. The number of unbranched alkanes of at least 4 members (excludes halogenated alkanes) is 31. The summed E-state index contributed by atoms with van der Waals surface area (Å²) in [5, 5.41) is 0. The first-order chi connectivity index (χ1) is 34.5. The highest BCUT2D eigenvalue weighted by Crippen LogP contribution is 2.16. The van der Waals surface area contributed by atoms with Crippen molar-refractivity contribution in [3.8, 4) is 0 Å². The summed E-state index contributed by atoms with van der Waals surface area (Å²) in [5.41, 5.74) is 0. The molecule has 0 amide bonds. The van der Waals surface area contributed by atoms with Gasteiger partial charge in [0.25, 0.3) is 0 Å². The van der Waals surface area contributed by atoms with E-state index in [4.69, 9.17) is 14.2 Å². The average molecular weight is 978 g/mol. The zero-order valence-electron chi connectivity index (χ0n) is 46.3. The minimum absolute atomic E-state index is 0.101. The molecule has 6 nitrogen and oxygen atoms in total. The number of hydrogen-bond donors (Lipinski definition) is 0. The predicted molar refractivity (Wildman–Crippen MR) is 302 cm³/mol. The summed E-state index contributed by atoms with van der Waals surface area (Å²) in [6.45, 7) is 6.44.